The van der Waals surface area contributed by atoms with Gasteiger partial charge in [0.1, 0.15) is 11.5 Å². The Morgan fingerprint density at radius 3 is 2.92 bits per heavy atom. The van der Waals surface area contributed by atoms with Crippen molar-refractivity contribution in [2.75, 3.05) is 6.54 Å². The van der Waals surface area contributed by atoms with E-state index in [1.807, 2.05) is 4.57 Å². The largest absolute Gasteiger partial charge is 0.333 e. The highest BCUT2D eigenvalue weighted by Gasteiger charge is 2.40. The Kier molecular flexibility index (Phi) is 4.07. The first-order valence-electron chi connectivity index (χ1n) is 8.18. The molecule has 1 aliphatic heterocycles. The second kappa shape index (κ2) is 6.28. The van der Waals surface area contributed by atoms with Crippen LogP contribution in [0.3, 0.4) is 0 Å². The Hall–Kier alpha value is -2.61. The summed E-state index contributed by atoms with van der Waals surface area (Å²) >= 11 is 6.37. The van der Waals surface area contributed by atoms with Crippen LogP contribution in [-0.2, 0) is 17.9 Å². The number of allylic oxidation sites excluding steroid dienone is 3. The summed E-state index contributed by atoms with van der Waals surface area (Å²) in [6.07, 6.45) is 8.89. The summed E-state index contributed by atoms with van der Waals surface area (Å²) < 4.78 is 15.4. The molecule has 2 aliphatic rings. The minimum Gasteiger partial charge on any atom is -0.333 e. The van der Waals surface area contributed by atoms with Crippen LogP contribution in [0, 0.1) is 5.92 Å². The zero-order valence-corrected chi connectivity index (χ0v) is 14.8. The van der Waals surface area contributed by atoms with Crippen LogP contribution in [0.1, 0.15) is 12.7 Å². The molecule has 0 spiro atoms. The molecule has 0 fully saturated rings. The maximum Gasteiger partial charge on any atom is 0.232 e. The number of aromatic nitrogens is 5. The van der Waals surface area contributed by atoms with Gasteiger partial charge in [-0.15, -0.1) is 21.8 Å². The fraction of sp³-hybridized carbons (Fsp3) is 0.353. The average molecular weight is 375 g/mol. The van der Waals surface area contributed by atoms with Gasteiger partial charge in [-0.2, -0.15) is 0 Å². The van der Waals surface area contributed by atoms with E-state index in [1.165, 1.54) is 18.2 Å². The van der Waals surface area contributed by atoms with Crippen LogP contribution in [0.5, 0.6) is 0 Å². The molecular formula is C17H16ClFN6O. The van der Waals surface area contributed by atoms with E-state index in [4.69, 9.17) is 11.6 Å². The third kappa shape index (κ3) is 2.90. The van der Waals surface area contributed by atoms with Gasteiger partial charge < -0.3 is 9.47 Å². The lowest BCUT2D eigenvalue weighted by Gasteiger charge is -2.35. The molecule has 1 amide bonds. The Labute approximate surface area is 154 Å². The van der Waals surface area contributed by atoms with Crippen molar-refractivity contribution in [3.05, 3.63) is 48.5 Å². The number of fused-ring (bicyclic) bond motifs is 1. The van der Waals surface area contributed by atoms with Crippen LogP contribution in [-0.4, -0.2) is 47.0 Å². The third-order valence-electron chi connectivity index (χ3n) is 4.60. The molecule has 0 N–H and O–H groups in total. The number of carbonyl (C=O) groups excluding carboxylic acids is 1. The van der Waals surface area contributed by atoms with E-state index in [2.05, 4.69) is 20.2 Å². The van der Waals surface area contributed by atoms with Gasteiger partial charge in [0.15, 0.2) is 11.6 Å². The number of nitrogens with zero attached hydrogens (tertiary/aromatic N) is 6. The Morgan fingerprint density at radius 2 is 2.19 bits per heavy atom. The normalized spacial score (nSPS) is 25.0. The Balaban J connectivity index is 1.56. The molecule has 0 saturated carbocycles. The lowest BCUT2D eigenvalue weighted by molar-refractivity contribution is -0.136. The predicted molar refractivity (Wildman–Crippen MR) is 92.5 cm³/mol. The van der Waals surface area contributed by atoms with E-state index in [0.717, 1.165) is 0 Å². The first kappa shape index (κ1) is 16.8. The minimum atomic E-state index is -1.09. The fourth-order valence-electron chi connectivity index (χ4n) is 3.25. The fourth-order valence-corrected chi connectivity index (χ4v) is 3.52. The average Bonchev–Trinajstić information content (AvgIpc) is 3.04. The van der Waals surface area contributed by atoms with E-state index in [-0.39, 0.29) is 5.91 Å². The summed E-state index contributed by atoms with van der Waals surface area (Å²) in [5, 5.41) is 8.37. The highest BCUT2D eigenvalue weighted by Crippen LogP contribution is 2.35. The van der Waals surface area contributed by atoms with E-state index in [1.54, 1.807) is 30.4 Å². The molecule has 2 atom stereocenters. The summed E-state index contributed by atoms with van der Waals surface area (Å²) in [5.41, 5.74) is 0.634. The zero-order chi connectivity index (χ0) is 18.3. The molecule has 7 nitrogen and oxygen atoms in total. The molecule has 0 saturated heterocycles. The number of hydrogen-bond donors (Lipinski definition) is 0. The molecule has 0 radical (unpaired) electrons. The van der Waals surface area contributed by atoms with E-state index < -0.39 is 16.6 Å². The number of carbonyl (C=O) groups is 1. The predicted octanol–water partition coefficient (Wildman–Crippen LogP) is 2.11. The number of halogens is 2. The van der Waals surface area contributed by atoms with Crippen molar-refractivity contribution in [3.8, 4) is 11.5 Å². The van der Waals surface area contributed by atoms with Gasteiger partial charge >= 0.3 is 0 Å². The van der Waals surface area contributed by atoms with Crippen LogP contribution in [0.15, 0.2) is 42.6 Å². The molecule has 0 bridgehead atoms. The van der Waals surface area contributed by atoms with E-state index in [0.29, 0.717) is 37.0 Å². The molecule has 9 heteroatoms. The summed E-state index contributed by atoms with van der Waals surface area (Å²) in [4.78, 5) is 21.8. The van der Waals surface area contributed by atoms with Crippen LogP contribution in [0.2, 0.25) is 0 Å². The first-order chi connectivity index (χ1) is 12.5. The maximum atomic E-state index is 13.5. The summed E-state index contributed by atoms with van der Waals surface area (Å²) in [5.74, 6) is 0.0851. The van der Waals surface area contributed by atoms with Crippen LogP contribution < -0.4 is 0 Å². The molecule has 3 heterocycles. The lowest BCUT2D eigenvalue weighted by Crippen LogP contribution is -2.46. The van der Waals surface area contributed by atoms with Gasteiger partial charge in [-0.05, 0) is 19.1 Å². The smallest absolute Gasteiger partial charge is 0.232 e. The van der Waals surface area contributed by atoms with E-state index >= 15 is 0 Å². The van der Waals surface area contributed by atoms with Crippen molar-refractivity contribution < 1.29 is 9.18 Å². The van der Waals surface area contributed by atoms with Crippen molar-refractivity contribution in [1.29, 1.82) is 0 Å². The van der Waals surface area contributed by atoms with Gasteiger partial charge in [0.25, 0.3) is 0 Å². The maximum absolute atomic E-state index is 13.5. The van der Waals surface area contributed by atoms with Crippen LogP contribution >= 0.6 is 11.6 Å². The number of rotatable bonds is 2. The van der Waals surface area contributed by atoms with Crippen molar-refractivity contribution in [1.82, 2.24) is 29.6 Å². The summed E-state index contributed by atoms with van der Waals surface area (Å²) in [6.45, 7) is 2.98. The molecule has 2 aromatic rings. The van der Waals surface area contributed by atoms with Gasteiger partial charge in [0.05, 0.1) is 23.5 Å². The van der Waals surface area contributed by atoms with Crippen molar-refractivity contribution in [2.45, 2.75) is 24.9 Å². The molecule has 134 valence electrons. The highest BCUT2D eigenvalue weighted by molar-refractivity contribution is 6.27. The summed E-state index contributed by atoms with van der Waals surface area (Å²) in [7, 11) is 0. The van der Waals surface area contributed by atoms with E-state index in [9.17, 15) is 9.18 Å². The van der Waals surface area contributed by atoms with Crippen LogP contribution in [0.4, 0.5) is 4.39 Å². The minimum absolute atomic E-state index is 0.155. The molecule has 1 aliphatic carbocycles. The molecule has 2 unspecified atom stereocenters. The van der Waals surface area contributed by atoms with Gasteiger partial charge in [-0.3, -0.25) is 9.78 Å². The molecular weight excluding hydrogens is 359 g/mol. The third-order valence-corrected chi connectivity index (χ3v) is 4.94. The summed E-state index contributed by atoms with van der Waals surface area (Å²) in [6, 6.07) is 0. The SMILES string of the molecule is CC1(Cl)C=C(F)C=CC1C(=O)N1CCn2c(nnc2-c2cnccn2)C1. The Morgan fingerprint density at radius 1 is 1.35 bits per heavy atom. The highest BCUT2D eigenvalue weighted by atomic mass is 35.5. The molecule has 0 aromatic carbocycles. The standard InChI is InChI=1S/C17H16ClFN6O/c1-17(18)8-11(19)2-3-12(17)16(26)24-6-7-25-14(10-24)22-23-15(25)13-9-20-4-5-21-13/h2-5,8-9,12H,6-7,10H2,1H3. The van der Waals surface area contributed by atoms with Crippen molar-refractivity contribution in [2.24, 2.45) is 5.92 Å². The van der Waals surface area contributed by atoms with Gasteiger partial charge in [-0.25, -0.2) is 9.37 Å². The topological polar surface area (TPSA) is 76.8 Å². The number of alkyl halides is 1. The number of hydrogen-bond acceptors (Lipinski definition) is 5. The second-order valence-electron chi connectivity index (χ2n) is 6.46. The van der Waals surface area contributed by atoms with Crippen LogP contribution in [0.25, 0.3) is 11.5 Å². The second-order valence-corrected chi connectivity index (χ2v) is 7.27. The van der Waals surface area contributed by atoms with Gasteiger partial charge in [0, 0.05) is 25.5 Å². The lowest BCUT2D eigenvalue weighted by atomic mass is 9.87. The Bertz CT molecular complexity index is 907. The quantitative estimate of drug-likeness (QED) is 0.752. The molecule has 2 aromatic heterocycles. The zero-order valence-electron chi connectivity index (χ0n) is 14.0. The molecule has 4 rings (SSSR count). The van der Waals surface area contributed by atoms with Gasteiger partial charge in [-0.1, -0.05) is 6.08 Å². The van der Waals surface area contributed by atoms with Crippen molar-refractivity contribution >= 4 is 17.5 Å². The van der Waals surface area contributed by atoms with Crippen molar-refractivity contribution in [3.63, 3.8) is 0 Å². The van der Waals surface area contributed by atoms with Gasteiger partial charge in [0.2, 0.25) is 5.91 Å². The molecule has 26 heavy (non-hydrogen) atoms. The first-order valence-corrected chi connectivity index (χ1v) is 8.56. The number of amides is 1. The monoisotopic (exact) mass is 374 g/mol.